The normalized spacial score (nSPS) is 21.9. The van der Waals surface area contributed by atoms with Gasteiger partial charge in [-0.3, -0.25) is 10.1 Å². The van der Waals surface area contributed by atoms with E-state index in [0.717, 1.165) is 15.2 Å². The third kappa shape index (κ3) is 3.41. The highest BCUT2D eigenvalue weighted by Crippen LogP contribution is 2.25. The minimum Gasteiger partial charge on any atom is -0.352 e. The minimum absolute atomic E-state index is 0.149. The summed E-state index contributed by atoms with van der Waals surface area (Å²) in [4.78, 5) is 16.5. The van der Waals surface area contributed by atoms with Crippen molar-refractivity contribution in [1.82, 2.24) is 15.6 Å². The molecule has 1 aromatic heterocycles. The van der Waals surface area contributed by atoms with Crippen LogP contribution >= 0.6 is 11.3 Å². The first kappa shape index (κ1) is 15.3. The van der Waals surface area contributed by atoms with Crippen LogP contribution in [0.1, 0.15) is 18.4 Å². The number of para-hydroxylation sites is 1. The first-order valence-electron chi connectivity index (χ1n) is 7.19. The molecule has 0 spiro atoms. The Kier molecular flexibility index (Phi) is 4.10. The molecular formula is C15H17F2N3OS. The van der Waals surface area contributed by atoms with Crippen LogP contribution in [-0.4, -0.2) is 35.4 Å². The van der Waals surface area contributed by atoms with Gasteiger partial charge in [0.1, 0.15) is 0 Å². The molecule has 0 bridgehead atoms. The maximum absolute atomic E-state index is 13.1. The molecule has 2 atom stereocenters. The van der Waals surface area contributed by atoms with Crippen LogP contribution in [0.4, 0.5) is 8.78 Å². The van der Waals surface area contributed by atoms with Gasteiger partial charge in [0.05, 0.1) is 27.8 Å². The van der Waals surface area contributed by atoms with Crippen LogP contribution in [0.15, 0.2) is 24.3 Å². The van der Waals surface area contributed by atoms with Gasteiger partial charge in [-0.1, -0.05) is 12.1 Å². The Morgan fingerprint density at radius 2 is 2.32 bits per heavy atom. The van der Waals surface area contributed by atoms with Crippen molar-refractivity contribution >= 4 is 27.5 Å². The lowest BCUT2D eigenvalue weighted by atomic mass is 10.1. The quantitative estimate of drug-likeness (QED) is 0.907. The number of amides is 1. The molecule has 0 radical (unpaired) electrons. The summed E-state index contributed by atoms with van der Waals surface area (Å²) in [5.41, 5.74) is 0.943. The molecule has 0 aliphatic carbocycles. The summed E-state index contributed by atoms with van der Waals surface area (Å²) in [7, 11) is 0. The third-order valence-electron chi connectivity index (χ3n) is 3.63. The number of halogens is 2. The Morgan fingerprint density at radius 3 is 3.00 bits per heavy atom. The van der Waals surface area contributed by atoms with Crippen molar-refractivity contribution in [2.24, 2.45) is 0 Å². The summed E-state index contributed by atoms with van der Waals surface area (Å²) in [6.07, 6.45) is 0.154. The highest BCUT2D eigenvalue weighted by Gasteiger charge is 2.42. The zero-order valence-corrected chi connectivity index (χ0v) is 12.9. The Hall–Kier alpha value is -1.60. The van der Waals surface area contributed by atoms with Crippen molar-refractivity contribution < 1.29 is 13.6 Å². The van der Waals surface area contributed by atoms with Crippen LogP contribution in [0.2, 0.25) is 0 Å². The van der Waals surface area contributed by atoms with Crippen molar-refractivity contribution in [1.29, 1.82) is 0 Å². The highest BCUT2D eigenvalue weighted by molar-refractivity contribution is 7.18. The molecule has 3 rings (SSSR count). The van der Waals surface area contributed by atoms with Crippen LogP contribution in [0.5, 0.6) is 0 Å². The molecule has 2 unspecified atom stereocenters. The Balaban J connectivity index is 1.58. The molecular weight excluding hydrogens is 308 g/mol. The summed E-state index contributed by atoms with van der Waals surface area (Å²) in [6.45, 7) is 1.42. The Bertz CT molecular complexity index is 655. The smallest absolute Gasteiger partial charge is 0.262 e. The number of aromatic nitrogens is 1. The molecule has 2 N–H and O–H groups in total. The zero-order chi connectivity index (χ0) is 15.7. The molecule has 1 aliphatic rings. The number of hydrogen-bond donors (Lipinski definition) is 2. The van der Waals surface area contributed by atoms with E-state index in [4.69, 9.17) is 0 Å². The molecule has 118 valence electrons. The summed E-state index contributed by atoms with van der Waals surface area (Å²) in [6, 6.07) is 6.88. The van der Waals surface area contributed by atoms with Gasteiger partial charge in [-0.2, -0.15) is 0 Å². The van der Waals surface area contributed by atoms with Crippen LogP contribution in [0, 0.1) is 0 Å². The number of benzene rings is 1. The topological polar surface area (TPSA) is 54.0 Å². The number of nitrogens with one attached hydrogen (secondary N) is 2. The van der Waals surface area contributed by atoms with E-state index in [0.29, 0.717) is 6.42 Å². The molecule has 2 heterocycles. The zero-order valence-electron chi connectivity index (χ0n) is 12.1. The standard InChI is InChI=1S/C15H17F2N3OS/c1-9(19-14(21)11-7-15(16,17)8-18-11)6-13-20-10-4-2-3-5-12(10)22-13/h2-5,9,11,18H,6-8H2,1H3,(H,19,21). The van der Waals surface area contributed by atoms with Gasteiger partial charge in [-0.25, -0.2) is 13.8 Å². The van der Waals surface area contributed by atoms with Crippen molar-refractivity contribution in [3.05, 3.63) is 29.3 Å². The van der Waals surface area contributed by atoms with Crippen molar-refractivity contribution in [2.45, 2.75) is 37.8 Å². The van der Waals surface area contributed by atoms with Crippen molar-refractivity contribution in [3.63, 3.8) is 0 Å². The fraction of sp³-hybridized carbons (Fsp3) is 0.467. The number of alkyl halides is 2. The number of rotatable bonds is 4. The molecule has 7 heteroatoms. The number of carbonyl (C=O) groups excluding carboxylic acids is 1. The van der Waals surface area contributed by atoms with Gasteiger partial charge in [0.2, 0.25) is 5.91 Å². The van der Waals surface area contributed by atoms with Gasteiger partial charge < -0.3 is 5.32 Å². The fourth-order valence-corrected chi connectivity index (χ4v) is 3.66. The van der Waals surface area contributed by atoms with E-state index in [1.165, 1.54) is 0 Å². The van der Waals surface area contributed by atoms with Gasteiger partial charge in [0.15, 0.2) is 0 Å². The van der Waals surface area contributed by atoms with E-state index in [-0.39, 0.29) is 11.9 Å². The molecule has 4 nitrogen and oxygen atoms in total. The van der Waals surface area contributed by atoms with Crippen LogP contribution in [0.3, 0.4) is 0 Å². The van der Waals surface area contributed by atoms with Crippen LogP contribution in [0.25, 0.3) is 10.2 Å². The second kappa shape index (κ2) is 5.89. The lowest BCUT2D eigenvalue weighted by molar-refractivity contribution is -0.124. The van der Waals surface area contributed by atoms with Crippen LogP contribution < -0.4 is 10.6 Å². The molecule has 1 fully saturated rings. The third-order valence-corrected chi connectivity index (χ3v) is 4.69. The van der Waals surface area contributed by atoms with Crippen molar-refractivity contribution in [2.75, 3.05) is 6.54 Å². The summed E-state index contributed by atoms with van der Waals surface area (Å²) >= 11 is 1.59. The van der Waals surface area contributed by atoms with Gasteiger partial charge in [0.25, 0.3) is 5.92 Å². The lowest BCUT2D eigenvalue weighted by Gasteiger charge is -2.16. The molecule has 22 heavy (non-hydrogen) atoms. The summed E-state index contributed by atoms with van der Waals surface area (Å²) in [5.74, 6) is -3.16. The number of thiazole rings is 1. The van der Waals surface area contributed by atoms with E-state index in [2.05, 4.69) is 15.6 Å². The molecule has 0 saturated carbocycles. The Labute approximate surface area is 130 Å². The first-order valence-corrected chi connectivity index (χ1v) is 8.01. The van der Waals surface area contributed by atoms with E-state index in [1.54, 1.807) is 11.3 Å². The van der Waals surface area contributed by atoms with Crippen molar-refractivity contribution in [3.8, 4) is 0 Å². The second-order valence-electron chi connectivity index (χ2n) is 5.68. The summed E-state index contributed by atoms with van der Waals surface area (Å²) < 4.78 is 27.3. The molecule has 1 aromatic carbocycles. The van der Waals surface area contributed by atoms with Gasteiger partial charge >= 0.3 is 0 Å². The van der Waals surface area contributed by atoms with Gasteiger partial charge in [0, 0.05) is 18.9 Å². The molecule has 1 saturated heterocycles. The Morgan fingerprint density at radius 1 is 1.55 bits per heavy atom. The first-order chi connectivity index (χ1) is 10.4. The molecule has 1 amide bonds. The van der Waals surface area contributed by atoms with E-state index in [9.17, 15) is 13.6 Å². The highest BCUT2D eigenvalue weighted by atomic mass is 32.1. The van der Waals surface area contributed by atoms with Gasteiger partial charge in [-0.05, 0) is 19.1 Å². The second-order valence-corrected chi connectivity index (χ2v) is 6.80. The molecule has 1 aliphatic heterocycles. The van der Waals surface area contributed by atoms with E-state index in [1.807, 2.05) is 31.2 Å². The number of fused-ring (bicyclic) bond motifs is 1. The monoisotopic (exact) mass is 325 g/mol. The fourth-order valence-electron chi connectivity index (χ4n) is 2.56. The number of carbonyl (C=O) groups is 1. The van der Waals surface area contributed by atoms with E-state index < -0.39 is 24.9 Å². The van der Waals surface area contributed by atoms with E-state index >= 15 is 0 Å². The SMILES string of the molecule is CC(Cc1nc2ccccc2s1)NC(=O)C1CC(F)(F)CN1. The van der Waals surface area contributed by atoms with Gasteiger partial charge in [-0.15, -0.1) is 11.3 Å². The maximum atomic E-state index is 13.1. The predicted molar refractivity (Wildman–Crippen MR) is 82.3 cm³/mol. The molecule has 2 aromatic rings. The van der Waals surface area contributed by atoms with Crippen LogP contribution in [-0.2, 0) is 11.2 Å². The summed E-state index contributed by atoms with van der Waals surface area (Å²) in [5, 5.41) is 6.28. The largest absolute Gasteiger partial charge is 0.352 e. The number of nitrogens with zero attached hydrogens (tertiary/aromatic N) is 1. The minimum atomic E-state index is -2.79. The lowest BCUT2D eigenvalue weighted by Crippen LogP contribution is -2.44. The average Bonchev–Trinajstić information content (AvgIpc) is 3.00. The predicted octanol–water partition coefficient (Wildman–Crippen LogP) is 2.34. The average molecular weight is 325 g/mol. The maximum Gasteiger partial charge on any atom is 0.262 e. The number of hydrogen-bond acceptors (Lipinski definition) is 4.